The number of carbonyl (C=O) groups is 2. The van der Waals surface area contributed by atoms with Crippen LogP contribution >= 0.6 is 23.5 Å². The van der Waals surface area contributed by atoms with Crippen LogP contribution < -0.4 is 5.32 Å². The highest BCUT2D eigenvalue weighted by Gasteiger charge is 2.23. The van der Waals surface area contributed by atoms with Gasteiger partial charge in [-0.25, -0.2) is 9.59 Å². The second-order valence-electron chi connectivity index (χ2n) is 5.28. The number of rotatable bonds is 9. The largest absolute Gasteiger partial charge is 0.480 e. The van der Waals surface area contributed by atoms with Crippen molar-refractivity contribution in [2.24, 2.45) is 0 Å². The number of alkyl carbamates (subject to hydrolysis) is 1. The lowest BCUT2D eigenvalue weighted by Gasteiger charge is -2.21. The van der Waals surface area contributed by atoms with Crippen molar-refractivity contribution in [1.82, 2.24) is 5.32 Å². The lowest BCUT2D eigenvalue weighted by atomic mass is 10.2. The van der Waals surface area contributed by atoms with E-state index < -0.39 is 23.7 Å². The summed E-state index contributed by atoms with van der Waals surface area (Å²) in [5.41, 5.74) is -0.625. The van der Waals surface area contributed by atoms with Crippen molar-refractivity contribution in [1.29, 1.82) is 0 Å². The molecule has 0 spiro atoms. The summed E-state index contributed by atoms with van der Waals surface area (Å²) in [6, 6.07) is -0.891. The van der Waals surface area contributed by atoms with Crippen LogP contribution in [0.2, 0.25) is 0 Å². The minimum Gasteiger partial charge on any atom is -0.480 e. The van der Waals surface area contributed by atoms with Crippen molar-refractivity contribution >= 4 is 35.6 Å². The molecule has 0 saturated carbocycles. The molecule has 0 aliphatic carbocycles. The first-order valence-corrected chi connectivity index (χ1v) is 9.10. The number of aliphatic carboxylic acids is 1. The van der Waals surface area contributed by atoms with E-state index in [9.17, 15) is 9.59 Å². The molecular formula is C13H25NO4S2. The minimum atomic E-state index is -1.03. The molecule has 0 fully saturated rings. The summed E-state index contributed by atoms with van der Waals surface area (Å²) in [5.74, 6) is 1.81. The first-order valence-electron chi connectivity index (χ1n) is 6.55. The molecule has 0 radical (unpaired) electrons. The van der Waals surface area contributed by atoms with Gasteiger partial charge in [0.2, 0.25) is 0 Å². The average molecular weight is 323 g/mol. The number of hydrogen-bond acceptors (Lipinski definition) is 5. The Balaban J connectivity index is 3.99. The Morgan fingerprint density at radius 3 is 2.40 bits per heavy atom. The molecule has 0 aliphatic rings. The summed E-state index contributed by atoms with van der Waals surface area (Å²) >= 11 is 3.51. The Morgan fingerprint density at radius 1 is 1.25 bits per heavy atom. The van der Waals surface area contributed by atoms with E-state index in [1.54, 1.807) is 44.3 Å². The number of carboxylic acids is 1. The van der Waals surface area contributed by atoms with E-state index in [1.807, 2.05) is 0 Å². The van der Waals surface area contributed by atoms with Gasteiger partial charge >= 0.3 is 12.1 Å². The van der Waals surface area contributed by atoms with Gasteiger partial charge in [0.25, 0.3) is 0 Å². The molecule has 2 N–H and O–H groups in total. The van der Waals surface area contributed by atoms with Crippen molar-refractivity contribution in [3.05, 3.63) is 0 Å². The molecule has 0 aromatic rings. The Bertz CT molecular complexity index is 305. The van der Waals surface area contributed by atoms with Crippen LogP contribution in [0, 0.1) is 0 Å². The average Bonchev–Trinajstić information content (AvgIpc) is 2.29. The van der Waals surface area contributed by atoms with Crippen molar-refractivity contribution < 1.29 is 19.4 Å². The van der Waals surface area contributed by atoms with E-state index in [0.29, 0.717) is 12.2 Å². The molecular weight excluding hydrogens is 298 g/mol. The second-order valence-corrected chi connectivity index (χ2v) is 7.49. The molecule has 1 unspecified atom stereocenters. The van der Waals surface area contributed by atoms with Crippen molar-refractivity contribution in [3.63, 3.8) is 0 Å². The number of carbonyl (C=O) groups excluding carboxylic acids is 1. The van der Waals surface area contributed by atoms with Gasteiger partial charge < -0.3 is 15.2 Å². The van der Waals surface area contributed by atoms with E-state index >= 15 is 0 Å². The highest BCUT2D eigenvalue weighted by molar-refractivity contribution is 7.99. The van der Waals surface area contributed by atoms with Crippen molar-refractivity contribution in [2.45, 2.75) is 45.3 Å². The summed E-state index contributed by atoms with van der Waals surface area (Å²) in [7, 11) is 0. The van der Waals surface area contributed by atoms with Crippen molar-refractivity contribution in [3.8, 4) is 0 Å². The highest BCUT2D eigenvalue weighted by Crippen LogP contribution is 2.10. The van der Waals surface area contributed by atoms with Gasteiger partial charge in [-0.1, -0.05) is 0 Å². The molecule has 0 aliphatic heterocycles. The standard InChI is InChI=1S/C13H25NO4S2/c1-13(2,3)18-12(17)14-10(11(15)16)6-9-20-8-5-7-19-4/h10H,5-9H2,1-4H3,(H,14,17)(H,15,16). The monoisotopic (exact) mass is 323 g/mol. The topological polar surface area (TPSA) is 75.6 Å². The fraction of sp³-hybridized carbons (Fsp3) is 0.846. The zero-order chi connectivity index (χ0) is 15.6. The van der Waals surface area contributed by atoms with E-state index in [2.05, 4.69) is 11.6 Å². The maximum Gasteiger partial charge on any atom is 0.408 e. The van der Waals surface area contributed by atoms with Crippen LogP contribution in [0.4, 0.5) is 4.79 Å². The zero-order valence-corrected chi connectivity index (χ0v) is 14.2. The van der Waals surface area contributed by atoms with E-state index in [1.165, 1.54) is 0 Å². The number of amides is 1. The normalized spacial score (nSPS) is 12.8. The SMILES string of the molecule is CSCCCSCCC(NC(=O)OC(C)(C)C)C(=O)O. The summed E-state index contributed by atoms with van der Waals surface area (Å²) in [6.45, 7) is 5.22. The Hall–Kier alpha value is -0.560. The molecule has 0 rings (SSSR count). The van der Waals surface area contributed by atoms with Gasteiger partial charge in [0.15, 0.2) is 0 Å². The highest BCUT2D eigenvalue weighted by atomic mass is 32.2. The maximum absolute atomic E-state index is 11.5. The predicted octanol–water partition coefficient (Wildman–Crippen LogP) is 2.84. The first-order chi connectivity index (χ1) is 9.26. The Morgan fingerprint density at radius 2 is 1.90 bits per heavy atom. The molecule has 0 bridgehead atoms. The lowest BCUT2D eigenvalue weighted by molar-refractivity contribution is -0.139. The quantitative estimate of drug-likeness (QED) is 0.636. The third kappa shape index (κ3) is 11.3. The molecule has 20 heavy (non-hydrogen) atoms. The van der Waals surface area contributed by atoms with Gasteiger partial charge in [-0.05, 0) is 57.1 Å². The van der Waals surface area contributed by atoms with E-state index in [0.717, 1.165) is 17.9 Å². The van der Waals surface area contributed by atoms with Gasteiger partial charge in [-0.15, -0.1) is 0 Å². The van der Waals surface area contributed by atoms with Crippen LogP contribution in [0.15, 0.2) is 0 Å². The van der Waals surface area contributed by atoms with Crippen LogP contribution in [0.3, 0.4) is 0 Å². The molecule has 1 atom stereocenters. The number of nitrogens with one attached hydrogen (secondary N) is 1. The van der Waals surface area contributed by atoms with Crippen LogP contribution in [-0.4, -0.2) is 52.3 Å². The molecule has 1 amide bonds. The zero-order valence-electron chi connectivity index (χ0n) is 12.6. The number of hydrogen-bond donors (Lipinski definition) is 2. The number of thioether (sulfide) groups is 2. The molecule has 0 aromatic heterocycles. The Kier molecular flexibility index (Phi) is 9.92. The second kappa shape index (κ2) is 10.2. The molecule has 7 heteroatoms. The maximum atomic E-state index is 11.5. The Labute approximate surface area is 129 Å². The minimum absolute atomic E-state index is 0.401. The third-order valence-electron chi connectivity index (χ3n) is 2.18. The molecule has 118 valence electrons. The summed E-state index contributed by atoms with van der Waals surface area (Å²) in [6.07, 6.45) is 2.90. The predicted molar refractivity (Wildman–Crippen MR) is 85.7 cm³/mol. The lowest BCUT2D eigenvalue weighted by Crippen LogP contribution is -2.43. The molecule has 0 saturated heterocycles. The summed E-state index contributed by atoms with van der Waals surface area (Å²) in [5, 5.41) is 11.5. The van der Waals surface area contributed by atoms with Crippen LogP contribution in [0.1, 0.15) is 33.6 Å². The van der Waals surface area contributed by atoms with E-state index in [4.69, 9.17) is 9.84 Å². The van der Waals surface area contributed by atoms with Crippen LogP contribution in [0.5, 0.6) is 0 Å². The molecule has 0 heterocycles. The molecule has 5 nitrogen and oxygen atoms in total. The van der Waals surface area contributed by atoms with Crippen molar-refractivity contribution in [2.75, 3.05) is 23.5 Å². The fourth-order valence-electron chi connectivity index (χ4n) is 1.32. The van der Waals surface area contributed by atoms with Gasteiger partial charge in [-0.3, -0.25) is 0 Å². The fourth-order valence-corrected chi connectivity index (χ4v) is 2.89. The number of carboxylic acid groups (broad SMARTS) is 1. The number of ether oxygens (including phenoxy) is 1. The van der Waals surface area contributed by atoms with Gasteiger partial charge in [0, 0.05) is 0 Å². The third-order valence-corrected chi connectivity index (χ3v) is 3.98. The van der Waals surface area contributed by atoms with Gasteiger partial charge in [0.1, 0.15) is 11.6 Å². The summed E-state index contributed by atoms with van der Waals surface area (Å²) < 4.78 is 5.05. The van der Waals surface area contributed by atoms with Crippen LogP contribution in [-0.2, 0) is 9.53 Å². The van der Waals surface area contributed by atoms with Gasteiger partial charge in [0.05, 0.1) is 0 Å². The molecule has 0 aromatic carbocycles. The summed E-state index contributed by atoms with van der Waals surface area (Å²) in [4.78, 5) is 22.6. The van der Waals surface area contributed by atoms with E-state index in [-0.39, 0.29) is 0 Å². The smallest absolute Gasteiger partial charge is 0.408 e. The van der Waals surface area contributed by atoms with Gasteiger partial charge in [-0.2, -0.15) is 23.5 Å². The van der Waals surface area contributed by atoms with Crippen LogP contribution in [0.25, 0.3) is 0 Å². The first kappa shape index (κ1) is 19.4.